The zero-order chi connectivity index (χ0) is 14.7. The summed E-state index contributed by atoms with van der Waals surface area (Å²) < 4.78 is 0. The first-order valence-corrected chi connectivity index (χ1v) is 7.46. The van der Waals surface area contributed by atoms with Gasteiger partial charge in [-0.1, -0.05) is 70.2 Å². The number of hydrogen-bond acceptors (Lipinski definition) is 1. The fourth-order valence-electron chi connectivity index (χ4n) is 2.78. The Morgan fingerprint density at radius 2 is 1.30 bits per heavy atom. The third-order valence-corrected chi connectivity index (χ3v) is 3.87. The number of hydrogen-bond donors (Lipinski definition) is 1. The molecule has 0 fully saturated rings. The van der Waals surface area contributed by atoms with Crippen LogP contribution in [0.1, 0.15) is 56.2 Å². The van der Waals surface area contributed by atoms with Crippen LogP contribution >= 0.6 is 0 Å². The van der Waals surface area contributed by atoms with Crippen LogP contribution in [0.4, 0.5) is 0 Å². The minimum absolute atomic E-state index is 0.495. The van der Waals surface area contributed by atoms with Gasteiger partial charge in [0.25, 0.3) is 0 Å². The molecular weight excluding hydrogens is 242 g/mol. The number of rotatable bonds is 4. The Hall–Kier alpha value is -1.60. The van der Waals surface area contributed by atoms with Crippen LogP contribution in [0.15, 0.2) is 42.5 Å². The third-order valence-electron chi connectivity index (χ3n) is 3.87. The standard InChI is InChI=1S/C19H25N/c1-13(2)17-10-16(15-8-6-5-7-9-15)11-18(14(3)4)19(17)12-20/h5-11,13-14H,12,20H2,1-4H3. The molecule has 20 heavy (non-hydrogen) atoms. The highest BCUT2D eigenvalue weighted by Gasteiger charge is 2.15. The second kappa shape index (κ2) is 6.23. The molecule has 0 amide bonds. The smallest absolute Gasteiger partial charge is 0.0183 e. The van der Waals surface area contributed by atoms with Crippen molar-refractivity contribution in [2.45, 2.75) is 46.1 Å². The summed E-state index contributed by atoms with van der Waals surface area (Å²) in [6.45, 7) is 9.59. The second-order valence-electron chi connectivity index (χ2n) is 6.01. The van der Waals surface area contributed by atoms with E-state index in [2.05, 4.69) is 70.2 Å². The summed E-state index contributed by atoms with van der Waals surface area (Å²) in [6, 6.07) is 15.2. The van der Waals surface area contributed by atoms with Gasteiger partial charge in [0.2, 0.25) is 0 Å². The topological polar surface area (TPSA) is 26.0 Å². The van der Waals surface area contributed by atoms with Gasteiger partial charge in [-0.2, -0.15) is 0 Å². The molecule has 0 spiro atoms. The molecule has 0 aliphatic carbocycles. The van der Waals surface area contributed by atoms with Crippen LogP contribution in [0.3, 0.4) is 0 Å². The second-order valence-corrected chi connectivity index (χ2v) is 6.01. The van der Waals surface area contributed by atoms with Gasteiger partial charge in [-0.25, -0.2) is 0 Å². The zero-order valence-electron chi connectivity index (χ0n) is 13.0. The van der Waals surface area contributed by atoms with E-state index < -0.39 is 0 Å². The van der Waals surface area contributed by atoms with E-state index in [1.807, 2.05) is 0 Å². The van der Waals surface area contributed by atoms with Crippen molar-refractivity contribution < 1.29 is 0 Å². The molecule has 0 aromatic heterocycles. The minimum atomic E-state index is 0.495. The lowest BCUT2D eigenvalue weighted by Gasteiger charge is -2.21. The van der Waals surface area contributed by atoms with Gasteiger partial charge in [-0.3, -0.25) is 0 Å². The molecule has 0 saturated heterocycles. The number of nitrogens with two attached hydrogens (primary N) is 1. The predicted octanol–water partition coefficient (Wildman–Crippen LogP) is 5.06. The maximum atomic E-state index is 6.02. The summed E-state index contributed by atoms with van der Waals surface area (Å²) in [5.41, 5.74) is 12.7. The van der Waals surface area contributed by atoms with Crippen LogP contribution in [0.2, 0.25) is 0 Å². The van der Waals surface area contributed by atoms with Gasteiger partial charge in [0.05, 0.1) is 0 Å². The molecule has 0 bridgehead atoms. The van der Waals surface area contributed by atoms with E-state index in [4.69, 9.17) is 5.73 Å². The summed E-state index contributed by atoms with van der Waals surface area (Å²) >= 11 is 0. The predicted molar refractivity (Wildman–Crippen MR) is 87.9 cm³/mol. The average Bonchev–Trinajstić information content (AvgIpc) is 2.46. The highest BCUT2D eigenvalue weighted by molar-refractivity contribution is 5.67. The van der Waals surface area contributed by atoms with Crippen molar-refractivity contribution in [2.75, 3.05) is 0 Å². The lowest BCUT2D eigenvalue weighted by atomic mass is 9.85. The molecule has 106 valence electrons. The van der Waals surface area contributed by atoms with E-state index in [1.165, 1.54) is 27.8 Å². The highest BCUT2D eigenvalue weighted by atomic mass is 14.5. The molecule has 0 heterocycles. The van der Waals surface area contributed by atoms with E-state index in [9.17, 15) is 0 Å². The Balaban J connectivity index is 2.66. The van der Waals surface area contributed by atoms with Crippen LogP contribution in [0.25, 0.3) is 11.1 Å². The molecule has 2 aromatic rings. The monoisotopic (exact) mass is 267 g/mol. The van der Waals surface area contributed by atoms with Crippen molar-refractivity contribution in [3.63, 3.8) is 0 Å². The molecule has 0 atom stereocenters. The first kappa shape index (κ1) is 14.8. The third kappa shape index (κ3) is 2.94. The van der Waals surface area contributed by atoms with Crippen molar-refractivity contribution in [2.24, 2.45) is 5.73 Å². The van der Waals surface area contributed by atoms with Gasteiger partial charge in [-0.05, 0) is 39.7 Å². The van der Waals surface area contributed by atoms with Gasteiger partial charge in [0.15, 0.2) is 0 Å². The summed E-state index contributed by atoms with van der Waals surface area (Å²) in [5, 5.41) is 0. The molecular formula is C19H25N. The van der Waals surface area contributed by atoms with Gasteiger partial charge < -0.3 is 5.73 Å². The molecule has 0 aliphatic heterocycles. The number of benzene rings is 2. The van der Waals surface area contributed by atoms with Crippen molar-refractivity contribution in [3.05, 3.63) is 59.2 Å². The maximum Gasteiger partial charge on any atom is 0.0183 e. The van der Waals surface area contributed by atoms with E-state index in [-0.39, 0.29) is 0 Å². The van der Waals surface area contributed by atoms with Crippen molar-refractivity contribution >= 4 is 0 Å². The van der Waals surface area contributed by atoms with Gasteiger partial charge >= 0.3 is 0 Å². The first-order chi connectivity index (χ1) is 9.54. The molecule has 1 nitrogen and oxygen atoms in total. The lowest BCUT2D eigenvalue weighted by Crippen LogP contribution is -2.09. The van der Waals surface area contributed by atoms with Crippen LogP contribution in [0.5, 0.6) is 0 Å². The molecule has 0 unspecified atom stereocenters. The van der Waals surface area contributed by atoms with Crippen molar-refractivity contribution in [1.29, 1.82) is 0 Å². The molecule has 0 radical (unpaired) electrons. The average molecular weight is 267 g/mol. The summed E-state index contributed by atoms with van der Waals surface area (Å²) in [4.78, 5) is 0. The summed E-state index contributed by atoms with van der Waals surface area (Å²) in [7, 11) is 0. The molecule has 1 heteroatoms. The van der Waals surface area contributed by atoms with E-state index in [0.717, 1.165) is 0 Å². The van der Waals surface area contributed by atoms with Gasteiger partial charge in [0.1, 0.15) is 0 Å². The van der Waals surface area contributed by atoms with Crippen molar-refractivity contribution in [3.8, 4) is 11.1 Å². The van der Waals surface area contributed by atoms with Crippen LogP contribution < -0.4 is 5.73 Å². The largest absolute Gasteiger partial charge is 0.326 e. The lowest BCUT2D eigenvalue weighted by molar-refractivity contribution is 0.795. The Morgan fingerprint density at radius 1 is 0.800 bits per heavy atom. The first-order valence-electron chi connectivity index (χ1n) is 7.46. The Labute approximate surface area is 122 Å². The zero-order valence-corrected chi connectivity index (χ0v) is 13.0. The SMILES string of the molecule is CC(C)c1cc(-c2ccccc2)cc(C(C)C)c1CN. The van der Waals surface area contributed by atoms with Gasteiger partial charge in [0, 0.05) is 6.54 Å². The van der Waals surface area contributed by atoms with E-state index >= 15 is 0 Å². The normalized spacial score (nSPS) is 11.3. The van der Waals surface area contributed by atoms with Crippen molar-refractivity contribution in [1.82, 2.24) is 0 Å². The Morgan fingerprint density at radius 3 is 1.70 bits per heavy atom. The molecule has 2 rings (SSSR count). The minimum Gasteiger partial charge on any atom is -0.326 e. The fourth-order valence-corrected chi connectivity index (χ4v) is 2.78. The Kier molecular flexibility index (Phi) is 4.61. The Bertz CT molecular complexity index is 539. The molecule has 0 aliphatic rings. The van der Waals surface area contributed by atoms with Crippen LogP contribution in [-0.2, 0) is 6.54 Å². The molecule has 2 N–H and O–H groups in total. The molecule has 2 aromatic carbocycles. The molecule has 0 saturated carbocycles. The van der Waals surface area contributed by atoms with E-state index in [0.29, 0.717) is 18.4 Å². The summed E-state index contributed by atoms with van der Waals surface area (Å²) in [5.74, 6) is 0.990. The van der Waals surface area contributed by atoms with E-state index in [1.54, 1.807) is 0 Å². The maximum absolute atomic E-state index is 6.02. The summed E-state index contributed by atoms with van der Waals surface area (Å²) in [6.07, 6.45) is 0. The van der Waals surface area contributed by atoms with Crippen LogP contribution in [0, 0.1) is 0 Å². The quantitative estimate of drug-likeness (QED) is 0.823. The highest BCUT2D eigenvalue weighted by Crippen LogP contribution is 2.33. The van der Waals surface area contributed by atoms with Gasteiger partial charge in [-0.15, -0.1) is 0 Å². The fraction of sp³-hybridized carbons (Fsp3) is 0.368. The van der Waals surface area contributed by atoms with Crippen LogP contribution in [-0.4, -0.2) is 0 Å².